The number of carbonyl (C=O) groups is 2. The molecule has 0 spiro atoms. The Labute approximate surface area is 147 Å². The predicted molar refractivity (Wildman–Crippen MR) is 93.9 cm³/mol. The molecule has 3 atom stereocenters. The average Bonchev–Trinajstić information content (AvgIpc) is 2.52. The van der Waals surface area contributed by atoms with Crippen LogP contribution in [0.4, 0.5) is 4.79 Å². The molecule has 0 radical (unpaired) electrons. The minimum atomic E-state index is -1.13. The van der Waals surface area contributed by atoms with Crippen molar-refractivity contribution in [3.63, 3.8) is 0 Å². The lowest BCUT2D eigenvalue weighted by Gasteiger charge is -2.32. The van der Waals surface area contributed by atoms with Crippen molar-refractivity contribution in [3.8, 4) is 0 Å². The zero-order chi connectivity index (χ0) is 18.6. The summed E-state index contributed by atoms with van der Waals surface area (Å²) in [6.07, 6.45) is 1.19. The Balaban J connectivity index is 2.28. The second kappa shape index (κ2) is 7.70. The van der Waals surface area contributed by atoms with Gasteiger partial charge in [0, 0.05) is 5.92 Å². The molecule has 0 fully saturated rings. The zero-order valence-corrected chi connectivity index (χ0v) is 14.7. The van der Waals surface area contributed by atoms with Crippen LogP contribution in [0.5, 0.6) is 0 Å². The number of ether oxygens (including phenoxy) is 1. The van der Waals surface area contributed by atoms with Crippen LogP contribution in [0.1, 0.15) is 39.2 Å². The van der Waals surface area contributed by atoms with Crippen molar-refractivity contribution in [2.75, 3.05) is 0 Å². The largest absolute Gasteiger partial charge is 0.480 e. The number of nitrogens with one attached hydrogen (secondary N) is 1. The summed E-state index contributed by atoms with van der Waals surface area (Å²) in [5, 5.41) is 22.1. The first-order valence-electron chi connectivity index (χ1n) is 8.35. The fourth-order valence-corrected chi connectivity index (χ4v) is 2.98. The molecule has 1 aliphatic carbocycles. The Kier molecular flexibility index (Phi) is 5.85. The number of aliphatic carboxylic acids is 1. The molecule has 0 unspecified atom stereocenters. The number of rotatable bonds is 4. The average molecular weight is 347 g/mol. The number of hydrogen-bond donors (Lipinski definition) is 3. The number of benzene rings is 1. The third-order valence-corrected chi connectivity index (χ3v) is 3.99. The van der Waals surface area contributed by atoms with Crippen LogP contribution in [0.2, 0.25) is 0 Å². The quantitative estimate of drug-likeness (QED) is 0.778. The monoisotopic (exact) mass is 347 g/mol. The van der Waals surface area contributed by atoms with E-state index in [-0.39, 0.29) is 0 Å². The molecule has 0 aliphatic heterocycles. The molecule has 1 amide bonds. The molecule has 6 nitrogen and oxygen atoms in total. The van der Waals surface area contributed by atoms with Gasteiger partial charge in [-0.3, -0.25) is 0 Å². The molecule has 1 aliphatic rings. The molecule has 25 heavy (non-hydrogen) atoms. The molecule has 0 saturated carbocycles. The number of aliphatic hydroxyl groups is 1. The number of carboxylic acid groups (broad SMARTS) is 1. The van der Waals surface area contributed by atoms with Crippen LogP contribution in [0, 0.1) is 5.92 Å². The van der Waals surface area contributed by atoms with Crippen molar-refractivity contribution >= 4 is 17.6 Å². The Morgan fingerprint density at radius 3 is 2.40 bits per heavy atom. The molecule has 2 rings (SSSR count). The minimum absolute atomic E-state index is 0.445. The van der Waals surface area contributed by atoms with Gasteiger partial charge in [0.1, 0.15) is 11.6 Å². The van der Waals surface area contributed by atoms with E-state index in [0.29, 0.717) is 12.8 Å². The third kappa shape index (κ3) is 5.32. The summed E-state index contributed by atoms with van der Waals surface area (Å²) in [4.78, 5) is 23.9. The van der Waals surface area contributed by atoms with E-state index in [0.717, 1.165) is 11.1 Å². The van der Waals surface area contributed by atoms with E-state index in [2.05, 4.69) is 5.32 Å². The van der Waals surface area contributed by atoms with E-state index in [9.17, 15) is 19.8 Å². The molecule has 3 N–H and O–H groups in total. The number of carboxylic acids is 1. The first-order valence-corrected chi connectivity index (χ1v) is 8.35. The van der Waals surface area contributed by atoms with Crippen LogP contribution in [-0.2, 0) is 9.53 Å². The van der Waals surface area contributed by atoms with Crippen LogP contribution in [0.3, 0.4) is 0 Å². The number of aliphatic hydroxyl groups excluding tert-OH is 1. The molecule has 136 valence electrons. The maximum Gasteiger partial charge on any atom is 0.408 e. The van der Waals surface area contributed by atoms with Gasteiger partial charge >= 0.3 is 12.1 Å². The highest BCUT2D eigenvalue weighted by atomic mass is 16.6. The summed E-state index contributed by atoms with van der Waals surface area (Å²) in [7, 11) is 0. The van der Waals surface area contributed by atoms with E-state index in [1.54, 1.807) is 26.8 Å². The summed E-state index contributed by atoms with van der Waals surface area (Å²) >= 11 is 0. The fourth-order valence-electron chi connectivity index (χ4n) is 2.98. The highest BCUT2D eigenvalue weighted by Crippen LogP contribution is 2.35. The summed E-state index contributed by atoms with van der Waals surface area (Å²) < 4.78 is 5.19. The van der Waals surface area contributed by atoms with E-state index in [1.807, 2.05) is 30.3 Å². The number of hydrogen-bond acceptors (Lipinski definition) is 4. The molecule has 1 aromatic carbocycles. The molecule has 0 saturated heterocycles. The molecular formula is C19H25NO5. The zero-order valence-electron chi connectivity index (χ0n) is 14.7. The second-order valence-electron chi connectivity index (χ2n) is 7.20. The maximum atomic E-state index is 12.1. The Bertz CT molecular complexity index is 648. The fraction of sp³-hybridized carbons (Fsp3) is 0.474. The first kappa shape index (κ1) is 19.0. The van der Waals surface area contributed by atoms with Gasteiger partial charge in [0.25, 0.3) is 0 Å². The normalized spacial score (nSPS) is 21.8. The summed E-state index contributed by atoms with van der Waals surface area (Å²) in [5.74, 6) is -1.58. The molecule has 0 heterocycles. The van der Waals surface area contributed by atoms with E-state index >= 15 is 0 Å². The van der Waals surface area contributed by atoms with Gasteiger partial charge in [-0.15, -0.1) is 0 Å². The molecule has 6 heteroatoms. The lowest BCUT2D eigenvalue weighted by molar-refractivity contribution is -0.140. The topological polar surface area (TPSA) is 95.9 Å². The van der Waals surface area contributed by atoms with Gasteiger partial charge in [-0.2, -0.15) is 0 Å². The number of amides is 1. The van der Waals surface area contributed by atoms with Crippen LogP contribution in [0.15, 0.2) is 36.4 Å². The minimum Gasteiger partial charge on any atom is -0.480 e. The van der Waals surface area contributed by atoms with Crippen molar-refractivity contribution in [1.82, 2.24) is 5.32 Å². The van der Waals surface area contributed by atoms with Gasteiger partial charge in [0.2, 0.25) is 0 Å². The standard InChI is InChI=1S/C19H25NO5/c1-19(2,3)25-18(24)20-16(17(22)23)14-10-9-13(21)11-15(14)12-7-5-4-6-8-12/h4-8,11,13-14,16,21H,9-10H2,1-3H3,(H,20,24)(H,22,23)/t13-,14+,16-/m0/s1. The molecular weight excluding hydrogens is 322 g/mol. The van der Waals surface area contributed by atoms with Gasteiger partial charge in [-0.25, -0.2) is 9.59 Å². The van der Waals surface area contributed by atoms with Crippen molar-refractivity contribution in [1.29, 1.82) is 0 Å². The summed E-state index contributed by atoms with van der Waals surface area (Å²) in [5.41, 5.74) is 0.847. The molecule has 1 aromatic rings. The highest BCUT2D eigenvalue weighted by molar-refractivity contribution is 5.84. The third-order valence-electron chi connectivity index (χ3n) is 3.99. The van der Waals surface area contributed by atoms with E-state index < -0.39 is 35.7 Å². The van der Waals surface area contributed by atoms with Gasteiger partial charge in [0.05, 0.1) is 6.10 Å². The van der Waals surface area contributed by atoms with Crippen LogP contribution >= 0.6 is 0 Å². The van der Waals surface area contributed by atoms with Gasteiger partial charge in [-0.05, 0) is 44.7 Å². The van der Waals surface area contributed by atoms with Gasteiger partial charge < -0.3 is 20.3 Å². The van der Waals surface area contributed by atoms with Crippen LogP contribution in [-0.4, -0.2) is 40.0 Å². The summed E-state index contributed by atoms with van der Waals surface area (Å²) in [6, 6.07) is 8.17. The van der Waals surface area contributed by atoms with E-state index in [4.69, 9.17) is 4.74 Å². The predicted octanol–water partition coefficient (Wildman–Crippen LogP) is 2.82. The SMILES string of the molecule is CC(C)(C)OC(=O)N[C@H](C(=O)O)[C@@H]1CC[C@H](O)C=C1c1ccccc1. The van der Waals surface area contributed by atoms with Crippen LogP contribution < -0.4 is 5.32 Å². The Morgan fingerprint density at radius 1 is 1.20 bits per heavy atom. The smallest absolute Gasteiger partial charge is 0.408 e. The van der Waals surface area contributed by atoms with Gasteiger partial charge in [-0.1, -0.05) is 36.4 Å². The van der Waals surface area contributed by atoms with Crippen molar-refractivity contribution in [2.45, 2.75) is 51.4 Å². The van der Waals surface area contributed by atoms with Crippen molar-refractivity contribution < 1.29 is 24.5 Å². The molecule has 0 bridgehead atoms. The van der Waals surface area contributed by atoms with Crippen molar-refractivity contribution in [2.24, 2.45) is 5.92 Å². The number of carbonyl (C=O) groups excluding carboxylic acids is 1. The summed E-state index contributed by atoms with van der Waals surface area (Å²) in [6.45, 7) is 5.15. The Morgan fingerprint density at radius 2 is 1.84 bits per heavy atom. The molecule has 0 aromatic heterocycles. The van der Waals surface area contributed by atoms with E-state index in [1.165, 1.54) is 0 Å². The lowest BCUT2D eigenvalue weighted by Crippen LogP contribution is -2.48. The van der Waals surface area contributed by atoms with Gasteiger partial charge in [0.15, 0.2) is 0 Å². The lowest BCUT2D eigenvalue weighted by atomic mass is 9.78. The van der Waals surface area contributed by atoms with Crippen LogP contribution in [0.25, 0.3) is 5.57 Å². The number of alkyl carbamates (subject to hydrolysis) is 1. The first-order chi connectivity index (χ1) is 11.7. The second-order valence-corrected chi connectivity index (χ2v) is 7.20. The highest BCUT2D eigenvalue weighted by Gasteiger charge is 2.36. The van der Waals surface area contributed by atoms with Crippen molar-refractivity contribution in [3.05, 3.63) is 42.0 Å². The maximum absolute atomic E-state index is 12.1. The Hall–Kier alpha value is -2.34.